The maximum atomic E-state index is 13.5. The zero-order chi connectivity index (χ0) is 19.1. The van der Waals surface area contributed by atoms with Gasteiger partial charge in [-0.25, -0.2) is 9.37 Å². The van der Waals surface area contributed by atoms with E-state index in [1.54, 1.807) is 49.3 Å². The van der Waals surface area contributed by atoms with Gasteiger partial charge in [-0.3, -0.25) is 10.1 Å². The molecule has 0 atom stereocenters. The molecule has 0 saturated heterocycles. The summed E-state index contributed by atoms with van der Waals surface area (Å²) in [5, 5.41) is 13.4. The standard InChI is InChI=1S/C18H21FN6OS/c1-20-18(21-9-12-5-6-14(19)8-13(12)11-27-2)22-10-16-23-17(25-24-16)15-4-3-7-26-15/h3-8H,9-11H2,1-2H3,(H2,20,21,22)(H,23,24,25). The summed E-state index contributed by atoms with van der Waals surface area (Å²) in [6.45, 7) is 0.971. The van der Waals surface area contributed by atoms with Gasteiger partial charge in [-0.05, 0) is 41.6 Å². The van der Waals surface area contributed by atoms with Crippen LogP contribution in [0.15, 0.2) is 46.0 Å². The number of hydrogen-bond acceptors (Lipinski definition) is 5. The second-order valence-corrected chi connectivity index (χ2v) is 6.57. The smallest absolute Gasteiger partial charge is 0.216 e. The first-order valence-corrected chi connectivity index (χ1v) is 9.75. The molecule has 3 rings (SSSR count). The number of nitrogens with zero attached hydrogens (tertiary/aromatic N) is 3. The van der Waals surface area contributed by atoms with Gasteiger partial charge in [-0.1, -0.05) is 6.07 Å². The third kappa shape index (κ3) is 5.10. The van der Waals surface area contributed by atoms with Crippen LogP contribution in [0, 0.1) is 5.82 Å². The summed E-state index contributed by atoms with van der Waals surface area (Å²) in [5.41, 5.74) is 2.01. The van der Waals surface area contributed by atoms with Gasteiger partial charge >= 0.3 is 0 Å². The molecule has 0 aliphatic rings. The molecule has 142 valence electrons. The number of aliphatic imine (C=N–C) groups is 1. The van der Waals surface area contributed by atoms with E-state index in [1.165, 1.54) is 6.07 Å². The van der Waals surface area contributed by atoms with Crippen LogP contribution in [0.25, 0.3) is 11.6 Å². The number of rotatable bonds is 7. The number of halogens is 1. The first-order chi connectivity index (χ1) is 13.2. The number of hydrogen-bond donors (Lipinski definition) is 3. The molecule has 0 aliphatic heterocycles. The van der Waals surface area contributed by atoms with E-state index in [1.807, 2.05) is 6.26 Å². The van der Waals surface area contributed by atoms with Gasteiger partial charge < -0.3 is 15.1 Å². The van der Waals surface area contributed by atoms with Crippen LogP contribution in [-0.4, -0.2) is 34.4 Å². The molecule has 0 amide bonds. The molecule has 27 heavy (non-hydrogen) atoms. The summed E-state index contributed by atoms with van der Waals surface area (Å²) in [6.07, 6.45) is 3.58. The van der Waals surface area contributed by atoms with E-state index in [2.05, 4.69) is 30.8 Å². The van der Waals surface area contributed by atoms with E-state index in [0.717, 1.165) is 16.9 Å². The van der Waals surface area contributed by atoms with Crippen LogP contribution in [0.2, 0.25) is 0 Å². The summed E-state index contributed by atoms with van der Waals surface area (Å²) in [5.74, 6) is 2.93. The Bertz CT molecular complexity index is 893. The highest BCUT2D eigenvalue weighted by Crippen LogP contribution is 2.17. The van der Waals surface area contributed by atoms with Gasteiger partial charge in [0.1, 0.15) is 11.6 Å². The molecular formula is C18H21FN6OS. The predicted molar refractivity (Wildman–Crippen MR) is 105 cm³/mol. The van der Waals surface area contributed by atoms with Crippen molar-refractivity contribution in [3.05, 3.63) is 59.4 Å². The van der Waals surface area contributed by atoms with E-state index in [-0.39, 0.29) is 5.82 Å². The minimum absolute atomic E-state index is 0.219. The SMILES string of the molecule is CN=C(NCc1nc(-c2ccco2)n[nH]1)NCc1ccc(F)cc1CSC. The average Bonchev–Trinajstić information content (AvgIpc) is 3.35. The van der Waals surface area contributed by atoms with E-state index >= 15 is 0 Å². The summed E-state index contributed by atoms with van der Waals surface area (Å²) >= 11 is 1.66. The number of aromatic nitrogens is 3. The van der Waals surface area contributed by atoms with Gasteiger partial charge in [0.05, 0.1) is 12.8 Å². The van der Waals surface area contributed by atoms with Crippen molar-refractivity contribution in [2.45, 2.75) is 18.8 Å². The molecule has 0 saturated carbocycles. The molecule has 2 heterocycles. The summed E-state index contributed by atoms with van der Waals surface area (Å²) in [7, 11) is 1.69. The van der Waals surface area contributed by atoms with Crippen LogP contribution in [0.3, 0.4) is 0 Å². The van der Waals surface area contributed by atoms with Gasteiger partial charge in [-0.2, -0.15) is 11.8 Å². The van der Waals surface area contributed by atoms with Crippen LogP contribution in [0.5, 0.6) is 0 Å². The van der Waals surface area contributed by atoms with Crippen molar-refractivity contribution < 1.29 is 8.81 Å². The number of thioether (sulfide) groups is 1. The molecule has 0 aliphatic carbocycles. The van der Waals surface area contributed by atoms with Crippen molar-refractivity contribution in [2.24, 2.45) is 4.99 Å². The minimum Gasteiger partial charge on any atom is -0.461 e. The highest BCUT2D eigenvalue weighted by atomic mass is 32.2. The lowest BCUT2D eigenvalue weighted by Crippen LogP contribution is -2.36. The Morgan fingerprint density at radius 2 is 2.11 bits per heavy atom. The fourth-order valence-corrected chi connectivity index (χ4v) is 3.09. The number of aromatic amines is 1. The summed E-state index contributed by atoms with van der Waals surface area (Å²) in [6, 6.07) is 8.44. The maximum absolute atomic E-state index is 13.5. The van der Waals surface area contributed by atoms with Crippen molar-refractivity contribution in [3.63, 3.8) is 0 Å². The van der Waals surface area contributed by atoms with Gasteiger partial charge in [0, 0.05) is 19.3 Å². The Labute approximate surface area is 160 Å². The third-order valence-electron chi connectivity index (χ3n) is 3.83. The number of nitrogens with one attached hydrogen (secondary N) is 3. The minimum atomic E-state index is -0.219. The second-order valence-electron chi connectivity index (χ2n) is 5.71. The number of guanidine groups is 1. The average molecular weight is 388 g/mol. The Morgan fingerprint density at radius 3 is 2.85 bits per heavy atom. The first-order valence-electron chi connectivity index (χ1n) is 8.35. The van der Waals surface area contributed by atoms with Crippen molar-refractivity contribution in [1.82, 2.24) is 25.8 Å². The van der Waals surface area contributed by atoms with Crippen molar-refractivity contribution in [2.75, 3.05) is 13.3 Å². The monoisotopic (exact) mass is 388 g/mol. The first kappa shape index (κ1) is 19.0. The molecular weight excluding hydrogens is 367 g/mol. The fraction of sp³-hybridized carbons (Fsp3) is 0.278. The Kier molecular flexibility index (Phi) is 6.48. The maximum Gasteiger partial charge on any atom is 0.216 e. The molecule has 9 heteroatoms. The fourth-order valence-electron chi connectivity index (χ4n) is 2.51. The normalized spacial score (nSPS) is 11.6. The highest BCUT2D eigenvalue weighted by molar-refractivity contribution is 7.97. The predicted octanol–water partition coefficient (Wildman–Crippen LogP) is 2.93. The summed E-state index contributed by atoms with van der Waals surface area (Å²) < 4.78 is 18.7. The highest BCUT2D eigenvalue weighted by Gasteiger charge is 2.09. The van der Waals surface area contributed by atoms with Crippen molar-refractivity contribution >= 4 is 17.7 Å². The quantitative estimate of drug-likeness (QED) is 0.426. The number of benzene rings is 1. The molecule has 0 bridgehead atoms. The lowest BCUT2D eigenvalue weighted by molar-refractivity contribution is 0.577. The van der Waals surface area contributed by atoms with E-state index < -0.39 is 0 Å². The Hall–Kier alpha value is -2.81. The second kappa shape index (κ2) is 9.22. The zero-order valence-electron chi connectivity index (χ0n) is 15.1. The molecule has 0 radical (unpaired) electrons. The van der Waals surface area contributed by atoms with Crippen LogP contribution >= 0.6 is 11.8 Å². The topological polar surface area (TPSA) is 91.1 Å². The van der Waals surface area contributed by atoms with E-state index in [4.69, 9.17) is 4.42 Å². The van der Waals surface area contributed by atoms with Crippen LogP contribution in [-0.2, 0) is 18.8 Å². The van der Waals surface area contributed by atoms with Gasteiger partial charge in [0.2, 0.25) is 5.82 Å². The molecule has 1 aromatic carbocycles. The molecule has 3 N–H and O–H groups in total. The van der Waals surface area contributed by atoms with Gasteiger partial charge in [0.15, 0.2) is 11.7 Å². The Morgan fingerprint density at radius 1 is 1.26 bits per heavy atom. The van der Waals surface area contributed by atoms with Gasteiger partial charge in [0.25, 0.3) is 0 Å². The molecule has 0 fully saturated rings. The van der Waals surface area contributed by atoms with Crippen LogP contribution < -0.4 is 10.6 Å². The van der Waals surface area contributed by atoms with Crippen molar-refractivity contribution in [3.8, 4) is 11.6 Å². The van der Waals surface area contributed by atoms with Crippen LogP contribution in [0.1, 0.15) is 17.0 Å². The largest absolute Gasteiger partial charge is 0.461 e. The molecule has 0 spiro atoms. The van der Waals surface area contributed by atoms with Crippen molar-refractivity contribution in [1.29, 1.82) is 0 Å². The molecule has 3 aromatic rings. The number of H-pyrrole nitrogens is 1. The Balaban J connectivity index is 1.56. The lowest BCUT2D eigenvalue weighted by Gasteiger charge is -2.13. The zero-order valence-corrected chi connectivity index (χ0v) is 15.9. The van der Waals surface area contributed by atoms with Gasteiger partial charge in [-0.15, -0.1) is 5.10 Å². The van der Waals surface area contributed by atoms with E-state index in [0.29, 0.717) is 36.5 Å². The van der Waals surface area contributed by atoms with E-state index in [9.17, 15) is 4.39 Å². The van der Waals surface area contributed by atoms with Crippen LogP contribution in [0.4, 0.5) is 4.39 Å². The lowest BCUT2D eigenvalue weighted by atomic mass is 10.1. The summed E-state index contributed by atoms with van der Waals surface area (Å²) in [4.78, 5) is 8.58. The molecule has 0 unspecified atom stereocenters. The third-order valence-corrected chi connectivity index (χ3v) is 4.43. The molecule has 2 aromatic heterocycles. The molecule has 7 nitrogen and oxygen atoms in total. The number of furan rings is 1.